The van der Waals surface area contributed by atoms with Crippen molar-refractivity contribution in [1.82, 2.24) is 5.32 Å². The van der Waals surface area contributed by atoms with Gasteiger partial charge in [0.2, 0.25) is 0 Å². The number of carboxylic acids is 1. The van der Waals surface area contributed by atoms with Crippen LogP contribution in [0, 0.1) is 0 Å². The van der Waals surface area contributed by atoms with Crippen molar-refractivity contribution < 1.29 is 19.1 Å². The summed E-state index contributed by atoms with van der Waals surface area (Å²) in [6, 6.07) is 0.690. The molecule has 5 nitrogen and oxygen atoms in total. The van der Waals surface area contributed by atoms with E-state index in [4.69, 9.17) is 9.52 Å². The van der Waals surface area contributed by atoms with Crippen molar-refractivity contribution in [3.05, 3.63) is 23.7 Å². The number of aryl methyl sites for hydroxylation is 1. The minimum absolute atomic E-state index is 0.348. The van der Waals surface area contributed by atoms with E-state index in [0.717, 1.165) is 0 Å². The Morgan fingerprint density at radius 2 is 2.19 bits per heavy atom. The third kappa shape index (κ3) is 2.62. The Balaban J connectivity index is 2.75. The van der Waals surface area contributed by atoms with Gasteiger partial charge >= 0.3 is 5.97 Å². The molecule has 16 heavy (non-hydrogen) atoms. The molecule has 0 saturated heterocycles. The number of carboxylic acid groups (broad SMARTS) is 1. The highest BCUT2D eigenvalue weighted by Gasteiger charge is 2.20. The SMILES string of the molecule is CCc1occc1C(=O)NC(CC)C(=O)O. The highest BCUT2D eigenvalue weighted by molar-refractivity contribution is 5.97. The molecule has 0 spiro atoms. The maximum atomic E-state index is 11.7. The first-order valence-corrected chi connectivity index (χ1v) is 5.20. The summed E-state index contributed by atoms with van der Waals surface area (Å²) in [4.78, 5) is 22.5. The largest absolute Gasteiger partial charge is 0.480 e. The van der Waals surface area contributed by atoms with E-state index in [1.807, 2.05) is 6.92 Å². The molecule has 2 N–H and O–H groups in total. The molecule has 0 aliphatic heterocycles. The van der Waals surface area contributed by atoms with Gasteiger partial charge in [-0.2, -0.15) is 0 Å². The third-order valence-corrected chi connectivity index (χ3v) is 2.32. The van der Waals surface area contributed by atoms with Gasteiger partial charge in [0.1, 0.15) is 11.8 Å². The first-order valence-electron chi connectivity index (χ1n) is 5.20. The fraction of sp³-hybridized carbons (Fsp3) is 0.455. The zero-order chi connectivity index (χ0) is 12.1. The van der Waals surface area contributed by atoms with Gasteiger partial charge < -0.3 is 14.8 Å². The zero-order valence-electron chi connectivity index (χ0n) is 9.32. The van der Waals surface area contributed by atoms with Crippen LogP contribution in [0.3, 0.4) is 0 Å². The van der Waals surface area contributed by atoms with Crippen LogP contribution in [0.25, 0.3) is 0 Å². The molecule has 1 rings (SSSR count). The maximum Gasteiger partial charge on any atom is 0.326 e. The Bertz CT molecular complexity index is 383. The van der Waals surface area contributed by atoms with Crippen molar-refractivity contribution in [2.24, 2.45) is 0 Å². The molecule has 0 aliphatic rings. The minimum Gasteiger partial charge on any atom is -0.480 e. The number of furan rings is 1. The van der Waals surface area contributed by atoms with E-state index in [9.17, 15) is 9.59 Å². The normalized spacial score (nSPS) is 12.1. The first kappa shape index (κ1) is 12.3. The summed E-state index contributed by atoms with van der Waals surface area (Å²) >= 11 is 0. The molecule has 1 aromatic heterocycles. The summed E-state index contributed by atoms with van der Waals surface area (Å²) in [6.45, 7) is 3.57. The monoisotopic (exact) mass is 225 g/mol. The number of carbonyl (C=O) groups is 2. The van der Waals surface area contributed by atoms with E-state index >= 15 is 0 Å². The van der Waals surface area contributed by atoms with Gasteiger partial charge in [0.15, 0.2) is 0 Å². The molecule has 1 aromatic rings. The predicted octanol–water partition coefficient (Wildman–Crippen LogP) is 1.44. The van der Waals surface area contributed by atoms with Crippen LogP contribution in [-0.2, 0) is 11.2 Å². The predicted molar refractivity (Wildman–Crippen MR) is 57.3 cm³/mol. The molecule has 0 aromatic carbocycles. The number of hydrogen-bond donors (Lipinski definition) is 2. The molecule has 0 radical (unpaired) electrons. The van der Waals surface area contributed by atoms with E-state index in [1.165, 1.54) is 6.26 Å². The summed E-state index contributed by atoms with van der Waals surface area (Å²) < 4.78 is 5.10. The highest BCUT2D eigenvalue weighted by atomic mass is 16.4. The topological polar surface area (TPSA) is 79.5 Å². The number of aliphatic carboxylic acids is 1. The van der Waals surface area contributed by atoms with Gasteiger partial charge in [0.05, 0.1) is 11.8 Å². The molecule has 0 aliphatic carbocycles. The number of hydrogen-bond acceptors (Lipinski definition) is 3. The standard InChI is InChI=1S/C11H15NO4/c1-3-8(11(14)15)12-10(13)7-5-6-16-9(7)4-2/h5-6,8H,3-4H2,1-2H3,(H,12,13)(H,14,15). The van der Waals surface area contributed by atoms with E-state index in [1.54, 1.807) is 13.0 Å². The molecular weight excluding hydrogens is 210 g/mol. The van der Waals surface area contributed by atoms with E-state index in [2.05, 4.69) is 5.32 Å². The fourth-order valence-electron chi connectivity index (χ4n) is 1.39. The highest BCUT2D eigenvalue weighted by Crippen LogP contribution is 2.11. The van der Waals surface area contributed by atoms with Gasteiger partial charge in [-0.05, 0) is 12.5 Å². The molecule has 88 valence electrons. The molecule has 5 heteroatoms. The van der Waals surface area contributed by atoms with Gasteiger partial charge in [-0.1, -0.05) is 13.8 Å². The van der Waals surface area contributed by atoms with Crippen LogP contribution < -0.4 is 5.32 Å². The molecular formula is C11H15NO4. The first-order chi connectivity index (χ1) is 7.60. The van der Waals surface area contributed by atoms with E-state index in [0.29, 0.717) is 24.2 Å². The molecule has 1 unspecified atom stereocenters. The second kappa shape index (κ2) is 5.34. The Kier molecular flexibility index (Phi) is 4.10. The Labute approximate surface area is 93.4 Å². The van der Waals surface area contributed by atoms with Crippen LogP contribution in [0.5, 0.6) is 0 Å². The van der Waals surface area contributed by atoms with Crippen LogP contribution >= 0.6 is 0 Å². The maximum absolute atomic E-state index is 11.7. The lowest BCUT2D eigenvalue weighted by Crippen LogP contribution is -2.40. The number of amides is 1. The van der Waals surface area contributed by atoms with Gasteiger partial charge in [-0.3, -0.25) is 4.79 Å². The molecule has 0 saturated carbocycles. The van der Waals surface area contributed by atoms with Gasteiger partial charge in [-0.15, -0.1) is 0 Å². The summed E-state index contributed by atoms with van der Waals surface area (Å²) in [5.74, 6) is -0.866. The van der Waals surface area contributed by atoms with Crippen LogP contribution in [0.1, 0.15) is 36.4 Å². The number of rotatable bonds is 5. The average Bonchev–Trinajstić information content (AvgIpc) is 2.72. The van der Waals surface area contributed by atoms with E-state index in [-0.39, 0.29) is 0 Å². The fourth-order valence-corrected chi connectivity index (χ4v) is 1.39. The Hall–Kier alpha value is -1.78. The van der Waals surface area contributed by atoms with Crippen molar-refractivity contribution in [2.75, 3.05) is 0 Å². The summed E-state index contributed by atoms with van der Waals surface area (Å²) in [5.41, 5.74) is 0.405. The van der Waals surface area contributed by atoms with Crippen molar-refractivity contribution in [1.29, 1.82) is 0 Å². The second-order valence-electron chi connectivity index (χ2n) is 3.38. The van der Waals surface area contributed by atoms with Gasteiger partial charge in [-0.25, -0.2) is 4.79 Å². The quantitative estimate of drug-likeness (QED) is 0.794. The van der Waals surface area contributed by atoms with Gasteiger partial charge in [0.25, 0.3) is 5.91 Å². The Morgan fingerprint density at radius 3 is 2.69 bits per heavy atom. The number of nitrogens with one attached hydrogen (secondary N) is 1. The summed E-state index contributed by atoms with van der Waals surface area (Å²) in [5, 5.41) is 11.3. The van der Waals surface area contributed by atoms with Crippen molar-refractivity contribution in [2.45, 2.75) is 32.7 Å². The van der Waals surface area contributed by atoms with Crippen LogP contribution in [0.4, 0.5) is 0 Å². The lowest BCUT2D eigenvalue weighted by molar-refractivity contribution is -0.139. The van der Waals surface area contributed by atoms with Crippen LogP contribution in [0.2, 0.25) is 0 Å². The van der Waals surface area contributed by atoms with E-state index < -0.39 is 17.9 Å². The minimum atomic E-state index is -1.03. The van der Waals surface area contributed by atoms with Crippen molar-refractivity contribution >= 4 is 11.9 Å². The zero-order valence-corrected chi connectivity index (χ0v) is 9.32. The second-order valence-corrected chi connectivity index (χ2v) is 3.38. The number of carbonyl (C=O) groups excluding carboxylic acids is 1. The molecule has 1 atom stereocenters. The summed E-state index contributed by atoms with van der Waals surface area (Å²) in [6.07, 6.45) is 2.37. The molecule has 0 fully saturated rings. The van der Waals surface area contributed by atoms with Gasteiger partial charge in [0, 0.05) is 6.42 Å². The Morgan fingerprint density at radius 1 is 1.50 bits per heavy atom. The average molecular weight is 225 g/mol. The summed E-state index contributed by atoms with van der Waals surface area (Å²) in [7, 11) is 0. The molecule has 1 amide bonds. The smallest absolute Gasteiger partial charge is 0.326 e. The van der Waals surface area contributed by atoms with Crippen LogP contribution in [-0.4, -0.2) is 23.0 Å². The molecule has 0 bridgehead atoms. The van der Waals surface area contributed by atoms with Crippen LogP contribution in [0.15, 0.2) is 16.7 Å². The lowest BCUT2D eigenvalue weighted by atomic mass is 10.1. The van der Waals surface area contributed by atoms with Crippen molar-refractivity contribution in [3.63, 3.8) is 0 Å². The molecule has 1 heterocycles. The third-order valence-electron chi connectivity index (χ3n) is 2.32. The lowest BCUT2D eigenvalue weighted by Gasteiger charge is -2.11. The van der Waals surface area contributed by atoms with Crippen molar-refractivity contribution in [3.8, 4) is 0 Å².